The van der Waals surface area contributed by atoms with E-state index in [-0.39, 0.29) is 5.82 Å². The third-order valence-electron chi connectivity index (χ3n) is 2.57. The minimum atomic E-state index is -0.261. The summed E-state index contributed by atoms with van der Waals surface area (Å²) in [5.74, 6) is 0.0477. The Balaban J connectivity index is 2.31. The highest BCUT2D eigenvalue weighted by Gasteiger charge is 2.07. The first-order valence-electron chi connectivity index (χ1n) is 5.87. The average molecular weight is 304 g/mol. The molecule has 0 saturated heterocycles. The molecule has 0 spiro atoms. The molecule has 0 radical (unpaired) electrons. The normalized spacial score (nSPS) is 10.5. The first kappa shape index (κ1) is 14.5. The highest BCUT2D eigenvalue weighted by molar-refractivity contribution is 9.09. The molecule has 0 saturated carbocycles. The fourth-order valence-electron chi connectivity index (χ4n) is 1.59. The predicted octanol–water partition coefficient (Wildman–Crippen LogP) is 3.49. The van der Waals surface area contributed by atoms with E-state index < -0.39 is 0 Å². The molecule has 1 rings (SSSR count). The minimum Gasteiger partial charge on any atom is -0.494 e. The van der Waals surface area contributed by atoms with E-state index in [0.717, 1.165) is 18.3 Å². The zero-order chi connectivity index (χ0) is 12.5. The van der Waals surface area contributed by atoms with Gasteiger partial charge in [-0.3, -0.25) is 0 Å². The largest absolute Gasteiger partial charge is 0.494 e. The topological polar surface area (TPSA) is 21.3 Å². The Bertz CT molecular complexity index is 333. The maximum Gasteiger partial charge on any atom is 0.169 e. The van der Waals surface area contributed by atoms with Crippen molar-refractivity contribution in [3.8, 4) is 5.75 Å². The van der Waals surface area contributed by atoms with Crippen LogP contribution in [-0.2, 0) is 6.54 Å². The molecule has 0 heterocycles. The Labute approximate surface area is 111 Å². The maximum atomic E-state index is 13.7. The van der Waals surface area contributed by atoms with Gasteiger partial charge in [0.15, 0.2) is 11.6 Å². The monoisotopic (exact) mass is 303 g/mol. The lowest BCUT2D eigenvalue weighted by atomic mass is 10.2. The third-order valence-corrected chi connectivity index (χ3v) is 3.13. The highest BCUT2D eigenvalue weighted by Crippen LogP contribution is 2.19. The van der Waals surface area contributed by atoms with Crippen LogP contribution in [-0.4, -0.2) is 19.0 Å². The smallest absolute Gasteiger partial charge is 0.169 e. The second-order valence-electron chi connectivity index (χ2n) is 3.86. The molecule has 0 aliphatic rings. The summed E-state index contributed by atoms with van der Waals surface area (Å²) in [6.07, 6.45) is 3.51. The van der Waals surface area contributed by atoms with Gasteiger partial charge in [0.1, 0.15) is 0 Å². The van der Waals surface area contributed by atoms with E-state index in [1.54, 1.807) is 12.1 Å². The molecule has 2 nitrogen and oxygen atoms in total. The molecule has 0 unspecified atom stereocenters. The van der Waals surface area contributed by atoms with Crippen molar-refractivity contribution in [2.24, 2.45) is 0 Å². The number of ether oxygens (including phenoxy) is 1. The molecule has 0 bridgehead atoms. The molecule has 4 heteroatoms. The second-order valence-corrected chi connectivity index (χ2v) is 4.65. The van der Waals surface area contributed by atoms with Gasteiger partial charge < -0.3 is 10.1 Å². The van der Waals surface area contributed by atoms with E-state index in [9.17, 15) is 4.39 Å². The minimum absolute atomic E-state index is 0.261. The number of benzene rings is 1. The molecule has 0 aliphatic heterocycles. The van der Waals surface area contributed by atoms with Crippen LogP contribution in [0.1, 0.15) is 24.8 Å². The van der Waals surface area contributed by atoms with E-state index in [4.69, 9.17) is 4.74 Å². The van der Waals surface area contributed by atoms with Gasteiger partial charge in [0, 0.05) is 17.4 Å². The van der Waals surface area contributed by atoms with Crippen molar-refractivity contribution in [3.05, 3.63) is 29.6 Å². The first-order valence-corrected chi connectivity index (χ1v) is 6.99. The van der Waals surface area contributed by atoms with Crippen LogP contribution in [0.3, 0.4) is 0 Å². The fourth-order valence-corrected chi connectivity index (χ4v) is 1.99. The zero-order valence-corrected chi connectivity index (χ0v) is 11.7. The number of hydrogen-bond donors (Lipinski definition) is 1. The molecule has 1 aromatic carbocycles. The van der Waals surface area contributed by atoms with Gasteiger partial charge in [-0.15, -0.1) is 0 Å². The second kappa shape index (κ2) is 8.48. The molecule has 0 amide bonds. The van der Waals surface area contributed by atoms with Gasteiger partial charge in [-0.05, 0) is 25.5 Å². The number of nitrogens with one attached hydrogen (secondary N) is 1. The number of methoxy groups -OCH3 is 1. The summed E-state index contributed by atoms with van der Waals surface area (Å²) in [7, 11) is 1.48. The molecule has 96 valence electrons. The van der Waals surface area contributed by atoms with Crippen molar-refractivity contribution in [3.63, 3.8) is 0 Å². The lowest BCUT2D eigenvalue weighted by Gasteiger charge is -2.08. The van der Waals surface area contributed by atoms with Gasteiger partial charge in [-0.1, -0.05) is 34.5 Å². The van der Waals surface area contributed by atoms with Crippen molar-refractivity contribution in [1.82, 2.24) is 5.32 Å². The van der Waals surface area contributed by atoms with E-state index in [0.29, 0.717) is 17.9 Å². The Morgan fingerprint density at radius 3 is 2.82 bits per heavy atom. The summed E-state index contributed by atoms with van der Waals surface area (Å²) in [6, 6.07) is 5.22. The van der Waals surface area contributed by atoms with Gasteiger partial charge >= 0.3 is 0 Å². The standard InChI is InChI=1S/C13H19BrFNO/c1-17-12-7-5-6-11(13(12)15)10-16-9-4-2-3-8-14/h5-7,16H,2-4,8-10H2,1H3. The first-order chi connectivity index (χ1) is 8.29. The molecular formula is C13H19BrFNO. The lowest BCUT2D eigenvalue weighted by molar-refractivity contribution is 0.383. The highest BCUT2D eigenvalue weighted by atomic mass is 79.9. The zero-order valence-electron chi connectivity index (χ0n) is 10.1. The molecule has 0 fully saturated rings. The predicted molar refractivity (Wildman–Crippen MR) is 72.3 cm³/mol. The van der Waals surface area contributed by atoms with Crippen LogP contribution in [0.25, 0.3) is 0 Å². The van der Waals surface area contributed by atoms with Crippen molar-refractivity contribution in [2.75, 3.05) is 19.0 Å². The Hall–Kier alpha value is -0.610. The van der Waals surface area contributed by atoms with Crippen LogP contribution in [0.2, 0.25) is 0 Å². The van der Waals surface area contributed by atoms with Gasteiger partial charge in [0.2, 0.25) is 0 Å². The van der Waals surface area contributed by atoms with E-state index in [2.05, 4.69) is 21.2 Å². The Morgan fingerprint density at radius 2 is 2.12 bits per heavy atom. The number of alkyl halides is 1. The molecule has 0 atom stereocenters. The summed E-state index contributed by atoms with van der Waals surface area (Å²) in [6.45, 7) is 1.47. The average Bonchev–Trinajstić information content (AvgIpc) is 2.35. The van der Waals surface area contributed by atoms with Crippen LogP contribution in [0.4, 0.5) is 4.39 Å². The summed E-state index contributed by atoms with van der Waals surface area (Å²) in [4.78, 5) is 0. The van der Waals surface area contributed by atoms with Crippen molar-refractivity contribution in [2.45, 2.75) is 25.8 Å². The third kappa shape index (κ3) is 5.04. The summed E-state index contributed by atoms with van der Waals surface area (Å²) >= 11 is 3.40. The number of halogens is 2. The van der Waals surface area contributed by atoms with E-state index in [1.807, 2.05) is 6.07 Å². The van der Waals surface area contributed by atoms with Gasteiger partial charge in [-0.2, -0.15) is 0 Å². The number of hydrogen-bond acceptors (Lipinski definition) is 2. The Kier molecular flexibility index (Phi) is 7.21. The Morgan fingerprint density at radius 1 is 1.29 bits per heavy atom. The lowest BCUT2D eigenvalue weighted by Crippen LogP contribution is -2.15. The van der Waals surface area contributed by atoms with Gasteiger partial charge in [0.25, 0.3) is 0 Å². The molecule has 1 N–H and O–H groups in total. The van der Waals surface area contributed by atoms with Crippen LogP contribution in [0.15, 0.2) is 18.2 Å². The van der Waals surface area contributed by atoms with Gasteiger partial charge in [0.05, 0.1) is 7.11 Å². The maximum absolute atomic E-state index is 13.7. The summed E-state index contributed by atoms with van der Waals surface area (Å²) in [5, 5.41) is 4.29. The van der Waals surface area contributed by atoms with Gasteiger partial charge in [-0.25, -0.2) is 4.39 Å². The molecule has 17 heavy (non-hydrogen) atoms. The van der Waals surface area contributed by atoms with Crippen molar-refractivity contribution in [1.29, 1.82) is 0 Å². The van der Waals surface area contributed by atoms with Crippen LogP contribution >= 0.6 is 15.9 Å². The van der Waals surface area contributed by atoms with Crippen molar-refractivity contribution < 1.29 is 9.13 Å². The SMILES string of the molecule is COc1cccc(CNCCCCCBr)c1F. The summed E-state index contributed by atoms with van der Waals surface area (Å²) in [5.41, 5.74) is 0.657. The van der Waals surface area contributed by atoms with Crippen LogP contribution in [0.5, 0.6) is 5.75 Å². The van der Waals surface area contributed by atoms with Crippen molar-refractivity contribution >= 4 is 15.9 Å². The molecular weight excluding hydrogens is 285 g/mol. The van der Waals surface area contributed by atoms with E-state index in [1.165, 1.54) is 20.0 Å². The molecule has 1 aromatic rings. The quantitative estimate of drug-likeness (QED) is 0.586. The number of rotatable bonds is 8. The van der Waals surface area contributed by atoms with Crippen LogP contribution in [0, 0.1) is 5.82 Å². The molecule has 0 aliphatic carbocycles. The number of unbranched alkanes of at least 4 members (excludes halogenated alkanes) is 2. The van der Waals surface area contributed by atoms with E-state index >= 15 is 0 Å². The summed E-state index contributed by atoms with van der Waals surface area (Å²) < 4.78 is 18.7. The molecule has 0 aromatic heterocycles. The van der Waals surface area contributed by atoms with Crippen LogP contribution < -0.4 is 10.1 Å². The fraction of sp³-hybridized carbons (Fsp3) is 0.538.